The highest BCUT2D eigenvalue weighted by Gasteiger charge is 2.34. The zero-order chi connectivity index (χ0) is 11.6. The molecule has 1 aromatic heterocycles. The van der Waals surface area contributed by atoms with E-state index in [0.717, 1.165) is 25.8 Å². The Morgan fingerprint density at radius 2 is 2.35 bits per heavy atom. The quantitative estimate of drug-likeness (QED) is 0.841. The van der Waals surface area contributed by atoms with E-state index in [1.54, 1.807) is 10.7 Å². The van der Waals surface area contributed by atoms with E-state index in [1.807, 2.05) is 20.2 Å². The van der Waals surface area contributed by atoms with Crippen molar-refractivity contribution >= 4 is 24.1 Å². The fourth-order valence-electron chi connectivity index (χ4n) is 1.99. The highest BCUT2D eigenvalue weighted by molar-refractivity contribution is 5.97. The summed E-state index contributed by atoms with van der Waals surface area (Å²) in [5.74, 6) is 0.618. The standard InChI is InChI=1S/C11H18N4O.ClH/c1-11(6-3-4-7-12-11)10(16)13-9-5-8-15(2)14-9;/h5,8,12H,3-4,6-7H2,1-2H3,(H,13,14,16);1H. The van der Waals surface area contributed by atoms with E-state index >= 15 is 0 Å². The van der Waals surface area contributed by atoms with Crippen LogP contribution in [-0.4, -0.2) is 27.8 Å². The Hall–Kier alpha value is -1.07. The smallest absolute Gasteiger partial charge is 0.245 e. The summed E-state index contributed by atoms with van der Waals surface area (Å²) < 4.78 is 1.67. The lowest BCUT2D eigenvalue weighted by molar-refractivity contribution is -0.122. The van der Waals surface area contributed by atoms with Gasteiger partial charge < -0.3 is 10.6 Å². The maximum Gasteiger partial charge on any atom is 0.245 e. The van der Waals surface area contributed by atoms with Gasteiger partial charge in [-0.05, 0) is 32.7 Å². The van der Waals surface area contributed by atoms with Crippen molar-refractivity contribution in [2.24, 2.45) is 7.05 Å². The van der Waals surface area contributed by atoms with Crippen molar-refractivity contribution in [3.63, 3.8) is 0 Å². The van der Waals surface area contributed by atoms with Crippen molar-refractivity contribution in [2.45, 2.75) is 31.7 Å². The third-order valence-corrected chi connectivity index (χ3v) is 3.08. The molecular weight excluding hydrogens is 240 g/mol. The normalized spacial score (nSPS) is 23.9. The molecule has 1 aliphatic rings. The van der Waals surface area contributed by atoms with Crippen LogP contribution >= 0.6 is 12.4 Å². The number of amides is 1. The molecule has 2 heterocycles. The molecule has 2 N–H and O–H groups in total. The number of halogens is 1. The van der Waals surface area contributed by atoms with Crippen molar-refractivity contribution in [3.8, 4) is 0 Å². The van der Waals surface area contributed by atoms with E-state index in [9.17, 15) is 4.79 Å². The first-order chi connectivity index (χ1) is 7.60. The van der Waals surface area contributed by atoms with Crippen molar-refractivity contribution in [1.82, 2.24) is 15.1 Å². The Morgan fingerprint density at radius 3 is 2.88 bits per heavy atom. The summed E-state index contributed by atoms with van der Waals surface area (Å²) in [4.78, 5) is 12.1. The number of piperidine rings is 1. The number of carbonyl (C=O) groups excluding carboxylic acids is 1. The van der Waals surface area contributed by atoms with E-state index in [4.69, 9.17) is 0 Å². The highest BCUT2D eigenvalue weighted by Crippen LogP contribution is 2.20. The van der Waals surface area contributed by atoms with Gasteiger partial charge in [0.15, 0.2) is 5.82 Å². The van der Waals surface area contributed by atoms with E-state index in [-0.39, 0.29) is 18.3 Å². The molecule has 96 valence electrons. The van der Waals surface area contributed by atoms with Gasteiger partial charge in [-0.3, -0.25) is 9.48 Å². The minimum Gasteiger partial charge on any atom is -0.308 e. The third-order valence-electron chi connectivity index (χ3n) is 3.08. The SMILES string of the molecule is Cl.Cn1ccc(NC(=O)C2(C)CCCCN2)n1. The van der Waals surface area contributed by atoms with Crippen LogP contribution in [0.25, 0.3) is 0 Å². The van der Waals surface area contributed by atoms with Crippen LogP contribution in [0.4, 0.5) is 5.82 Å². The molecule has 0 radical (unpaired) electrons. The Kier molecular flexibility index (Phi) is 4.54. The Labute approximate surface area is 107 Å². The molecule has 1 atom stereocenters. The summed E-state index contributed by atoms with van der Waals surface area (Å²) in [6.45, 7) is 2.86. The maximum atomic E-state index is 12.1. The van der Waals surface area contributed by atoms with Crippen LogP contribution in [0.1, 0.15) is 26.2 Å². The molecule has 0 aliphatic carbocycles. The fourth-order valence-corrected chi connectivity index (χ4v) is 1.99. The minimum atomic E-state index is -0.449. The number of aryl methyl sites for hydroxylation is 1. The molecule has 0 spiro atoms. The first-order valence-electron chi connectivity index (χ1n) is 5.66. The third kappa shape index (κ3) is 3.20. The molecule has 1 fully saturated rings. The lowest BCUT2D eigenvalue weighted by atomic mass is 9.90. The average Bonchev–Trinajstić information content (AvgIpc) is 2.65. The summed E-state index contributed by atoms with van der Waals surface area (Å²) in [6, 6.07) is 1.80. The second-order valence-corrected chi connectivity index (χ2v) is 4.54. The van der Waals surface area contributed by atoms with Gasteiger partial charge in [0.2, 0.25) is 5.91 Å². The molecule has 1 amide bonds. The molecule has 17 heavy (non-hydrogen) atoms. The number of hydrogen-bond donors (Lipinski definition) is 2. The molecule has 5 nitrogen and oxygen atoms in total. The molecule has 2 rings (SSSR count). The first-order valence-corrected chi connectivity index (χ1v) is 5.66. The lowest BCUT2D eigenvalue weighted by Crippen LogP contribution is -2.54. The van der Waals surface area contributed by atoms with Gasteiger partial charge in [0.1, 0.15) is 0 Å². The molecule has 1 saturated heterocycles. The molecule has 0 saturated carbocycles. The number of rotatable bonds is 2. The van der Waals surface area contributed by atoms with E-state index < -0.39 is 5.54 Å². The highest BCUT2D eigenvalue weighted by atomic mass is 35.5. The van der Waals surface area contributed by atoms with Gasteiger partial charge in [-0.2, -0.15) is 5.10 Å². The zero-order valence-electron chi connectivity index (χ0n) is 10.2. The number of anilines is 1. The van der Waals surface area contributed by atoms with Crippen molar-refractivity contribution < 1.29 is 4.79 Å². The van der Waals surface area contributed by atoms with Crippen LogP contribution in [0.2, 0.25) is 0 Å². The van der Waals surface area contributed by atoms with Crippen LogP contribution in [0.5, 0.6) is 0 Å². The molecule has 1 unspecified atom stereocenters. The first kappa shape index (κ1) is 14.0. The number of nitrogens with zero attached hydrogens (tertiary/aromatic N) is 2. The van der Waals surface area contributed by atoms with Gasteiger partial charge in [-0.1, -0.05) is 0 Å². The molecule has 0 aromatic carbocycles. The lowest BCUT2D eigenvalue weighted by Gasteiger charge is -2.33. The van der Waals surface area contributed by atoms with Crippen LogP contribution in [0.15, 0.2) is 12.3 Å². The Morgan fingerprint density at radius 1 is 1.59 bits per heavy atom. The predicted molar refractivity (Wildman–Crippen MR) is 69.3 cm³/mol. The monoisotopic (exact) mass is 258 g/mol. The number of hydrogen-bond acceptors (Lipinski definition) is 3. The summed E-state index contributed by atoms with van der Waals surface area (Å²) >= 11 is 0. The van der Waals surface area contributed by atoms with Crippen LogP contribution in [-0.2, 0) is 11.8 Å². The molecule has 1 aliphatic heterocycles. The summed E-state index contributed by atoms with van der Waals surface area (Å²) in [5, 5.41) is 10.2. The summed E-state index contributed by atoms with van der Waals surface area (Å²) in [5.41, 5.74) is -0.449. The second kappa shape index (κ2) is 5.51. The average molecular weight is 259 g/mol. The molecular formula is C11H19ClN4O. The number of aromatic nitrogens is 2. The molecule has 0 bridgehead atoms. The summed E-state index contributed by atoms with van der Waals surface area (Å²) in [7, 11) is 1.83. The number of carbonyl (C=O) groups is 1. The predicted octanol–water partition coefficient (Wildman–Crippen LogP) is 1.31. The Balaban J connectivity index is 0.00000144. The second-order valence-electron chi connectivity index (χ2n) is 4.54. The minimum absolute atomic E-state index is 0. The van der Waals surface area contributed by atoms with Crippen LogP contribution < -0.4 is 10.6 Å². The van der Waals surface area contributed by atoms with E-state index in [2.05, 4.69) is 15.7 Å². The van der Waals surface area contributed by atoms with Gasteiger partial charge in [-0.25, -0.2) is 0 Å². The largest absolute Gasteiger partial charge is 0.308 e. The Bertz CT molecular complexity index is 385. The maximum absolute atomic E-state index is 12.1. The van der Waals surface area contributed by atoms with Crippen LogP contribution in [0.3, 0.4) is 0 Å². The van der Waals surface area contributed by atoms with Gasteiger partial charge in [0.25, 0.3) is 0 Å². The van der Waals surface area contributed by atoms with Crippen molar-refractivity contribution in [3.05, 3.63) is 12.3 Å². The topological polar surface area (TPSA) is 59.0 Å². The van der Waals surface area contributed by atoms with Gasteiger partial charge in [0, 0.05) is 19.3 Å². The van der Waals surface area contributed by atoms with E-state index in [0.29, 0.717) is 5.82 Å². The zero-order valence-corrected chi connectivity index (χ0v) is 11.0. The fraction of sp³-hybridized carbons (Fsp3) is 0.636. The molecule has 1 aromatic rings. The van der Waals surface area contributed by atoms with Crippen molar-refractivity contribution in [1.29, 1.82) is 0 Å². The van der Waals surface area contributed by atoms with Crippen molar-refractivity contribution in [2.75, 3.05) is 11.9 Å². The molecule has 6 heteroatoms. The van der Waals surface area contributed by atoms with Gasteiger partial charge in [-0.15, -0.1) is 12.4 Å². The van der Waals surface area contributed by atoms with Crippen LogP contribution in [0, 0.1) is 0 Å². The van der Waals surface area contributed by atoms with Gasteiger partial charge in [0.05, 0.1) is 5.54 Å². The summed E-state index contributed by atoms with van der Waals surface area (Å²) in [6.07, 6.45) is 4.93. The van der Waals surface area contributed by atoms with E-state index in [1.165, 1.54) is 0 Å². The number of nitrogens with one attached hydrogen (secondary N) is 2. The van der Waals surface area contributed by atoms with Gasteiger partial charge >= 0.3 is 0 Å².